The largest absolute Gasteiger partial charge is 0.486 e. The minimum absolute atomic E-state index is 0.0241. The van der Waals surface area contributed by atoms with Crippen molar-refractivity contribution in [1.82, 2.24) is 9.88 Å². The monoisotopic (exact) mass is 328 g/mol. The third kappa shape index (κ3) is 3.42. The van der Waals surface area contributed by atoms with Gasteiger partial charge in [0.1, 0.15) is 13.2 Å². The number of hydrogen-bond acceptors (Lipinski definition) is 4. The number of amides is 1. The van der Waals surface area contributed by atoms with Crippen molar-refractivity contribution in [3.05, 3.63) is 58.0 Å². The fourth-order valence-electron chi connectivity index (χ4n) is 2.70. The van der Waals surface area contributed by atoms with E-state index >= 15 is 0 Å². The van der Waals surface area contributed by atoms with E-state index in [1.54, 1.807) is 34.9 Å². The van der Waals surface area contributed by atoms with Crippen LogP contribution >= 0.6 is 0 Å². The zero-order chi connectivity index (χ0) is 16.9. The van der Waals surface area contributed by atoms with Gasteiger partial charge in [-0.1, -0.05) is 12.1 Å². The van der Waals surface area contributed by atoms with Gasteiger partial charge in [0.2, 0.25) is 0 Å². The standard InChI is InChI=1S/C18H20N2O4/c1-13-5-2-8-16(21)20(13)10-4-9-19-18(22)14-6-3-7-15-17(14)24-12-11-23-15/h2-3,5-8H,4,9-12H2,1H3,(H,19,22). The summed E-state index contributed by atoms with van der Waals surface area (Å²) in [6.07, 6.45) is 0.670. The second-order valence-electron chi connectivity index (χ2n) is 5.60. The molecule has 3 rings (SSSR count). The van der Waals surface area contributed by atoms with Gasteiger partial charge < -0.3 is 19.4 Å². The molecule has 1 aliphatic rings. The molecular weight excluding hydrogens is 308 g/mol. The van der Waals surface area contributed by atoms with Crippen molar-refractivity contribution in [3.63, 3.8) is 0 Å². The van der Waals surface area contributed by atoms with Crippen LogP contribution in [0.3, 0.4) is 0 Å². The number of nitrogens with zero attached hydrogens (tertiary/aromatic N) is 1. The van der Waals surface area contributed by atoms with Crippen LogP contribution in [-0.2, 0) is 6.54 Å². The van der Waals surface area contributed by atoms with Gasteiger partial charge in [0.05, 0.1) is 5.56 Å². The van der Waals surface area contributed by atoms with Crippen LogP contribution in [-0.4, -0.2) is 30.2 Å². The summed E-state index contributed by atoms with van der Waals surface area (Å²) in [4.78, 5) is 24.1. The highest BCUT2D eigenvalue weighted by Crippen LogP contribution is 2.33. The predicted molar refractivity (Wildman–Crippen MR) is 89.8 cm³/mol. The van der Waals surface area contributed by atoms with E-state index in [-0.39, 0.29) is 11.5 Å². The maximum Gasteiger partial charge on any atom is 0.255 e. The molecule has 1 amide bonds. The van der Waals surface area contributed by atoms with Crippen molar-refractivity contribution < 1.29 is 14.3 Å². The Bertz CT molecular complexity index is 798. The number of aromatic nitrogens is 1. The molecule has 0 fully saturated rings. The van der Waals surface area contributed by atoms with E-state index < -0.39 is 0 Å². The molecule has 0 bridgehead atoms. The van der Waals surface area contributed by atoms with Gasteiger partial charge in [-0.3, -0.25) is 9.59 Å². The average Bonchev–Trinajstić information content (AvgIpc) is 2.60. The number of hydrogen-bond donors (Lipinski definition) is 1. The highest BCUT2D eigenvalue weighted by Gasteiger charge is 2.19. The minimum Gasteiger partial charge on any atom is -0.486 e. The zero-order valence-electron chi connectivity index (χ0n) is 13.6. The second-order valence-corrected chi connectivity index (χ2v) is 5.60. The molecular formula is C18H20N2O4. The number of benzene rings is 1. The van der Waals surface area contributed by atoms with E-state index in [4.69, 9.17) is 9.47 Å². The lowest BCUT2D eigenvalue weighted by Crippen LogP contribution is -2.28. The van der Waals surface area contributed by atoms with Crippen LogP contribution in [0.25, 0.3) is 0 Å². The van der Waals surface area contributed by atoms with Crippen molar-refractivity contribution in [2.24, 2.45) is 0 Å². The van der Waals surface area contributed by atoms with Crippen LogP contribution in [0.5, 0.6) is 11.5 Å². The Labute approximate surface area is 140 Å². The van der Waals surface area contributed by atoms with Gasteiger partial charge in [-0.15, -0.1) is 0 Å². The lowest BCUT2D eigenvalue weighted by Gasteiger charge is -2.20. The summed E-state index contributed by atoms with van der Waals surface area (Å²) in [6, 6.07) is 10.5. The van der Waals surface area contributed by atoms with Gasteiger partial charge in [-0.05, 0) is 31.5 Å². The molecule has 0 saturated heterocycles. The summed E-state index contributed by atoms with van der Waals surface area (Å²) >= 11 is 0. The Morgan fingerprint density at radius 2 is 1.96 bits per heavy atom. The van der Waals surface area contributed by atoms with Crippen LogP contribution in [0.4, 0.5) is 0 Å². The number of para-hydroxylation sites is 1. The lowest BCUT2D eigenvalue weighted by molar-refractivity contribution is 0.0941. The Kier molecular flexibility index (Phi) is 4.84. The summed E-state index contributed by atoms with van der Waals surface area (Å²) < 4.78 is 12.7. The smallest absolute Gasteiger partial charge is 0.255 e. The quantitative estimate of drug-likeness (QED) is 0.849. The van der Waals surface area contributed by atoms with Crippen molar-refractivity contribution in [2.45, 2.75) is 19.9 Å². The second kappa shape index (κ2) is 7.21. The SMILES string of the molecule is Cc1cccc(=O)n1CCCNC(=O)c1cccc2c1OCCO2. The van der Waals surface area contributed by atoms with Crippen molar-refractivity contribution in [1.29, 1.82) is 0 Å². The van der Waals surface area contributed by atoms with E-state index in [1.165, 1.54) is 0 Å². The van der Waals surface area contributed by atoms with E-state index in [2.05, 4.69) is 5.32 Å². The number of pyridine rings is 1. The summed E-state index contributed by atoms with van der Waals surface area (Å²) in [7, 11) is 0. The fourth-order valence-corrected chi connectivity index (χ4v) is 2.70. The number of ether oxygens (including phenoxy) is 2. The number of fused-ring (bicyclic) bond motifs is 1. The normalized spacial score (nSPS) is 12.7. The van der Waals surface area contributed by atoms with Crippen LogP contribution < -0.4 is 20.3 Å². The van der Waals surface area contributed by atoms with E-state index in [9.17, 15) is 9.59 Å². The number of carbonyl (C=O) groups excluding carboxylic acids is 1. The van der Waals surface area contributed by atoms with Gasteiger partial charge in [0.15, 0.2) is 11.5 Å². The third-order valence-corrected chi connectivity index (χ3v) is 3.92. The van der Waals surface area contributed by atoms with E-state index in [0.717, 1.165) is 5.69 Å². The number of nitrogens with one attached hydrogen (secondary N) is 1. The van der Waals surface area contributed by atoms with Crippen LogP contribution in [0, 0.1) is 6.92 Å². The first-order valence-corrected chi connectivity index (χ1v) is 8.00. The first-order chi connectivity index (χ1) is 11.7. The van der Waals surface area contributed by atoms with Crippen LogP contribution in [0.2, 0.25) is 0 Å². The Morgan fingerprint density at radius 3 is 2.79 bits per heavy atom. The van der Waals surface area contributed by atoms with Crippen molar-refractivity contribution >= 4 is 5.91 Å². The molecule has 24 heavy (non-hydrogen) atoms. The minimum atomic E-state index is -0.200. The molecule has 1 aliphatic heterocycles. The van der Waals surface area contributed by atoms with Gasteiger partial charge in [0, 0.05) is 24.8 Å². The third-order valence-electron chi connectivity index (χ3n) is 3.92. The van der Waals surface area contributed by atoms with E-state index in [1.807, 2.05) is 13.0 Å². The van der Waals surface area contributed by atoms with Crippen molar-refractivity contribution in [2.75, 3.05) is 19.8 Å². The Morgan fingerprint density at radius 1 is 1.17 bits per heavy atom. The Balaban J connectivity index is 1.58. The van der Waals surface area contributed by atoms with Gasteiger partial charge in [0.25, 0.3) is 11.5 Å². The Hall–Kier alpha value is -2.76. The molecule has 126 valence electrons. The predicted octanol–water partition coefficient (Wildman–Crippen LogP) is 1.75. The van der Waals surface area contributed by atoms with Crippen molar-refractivity contribution in [3.8, 4) is 11.5 Å². The fraction of sp³-hybridized carbons (Fsp3) is 0.333. The summed E-state index contributed by atoms with van der Waals surface area (Å²) in [5.74, 6) is 0.895. The molecule has 1 N–H and O–H groups in total. The summed E-state index contributed by atoms with van der Waals surface area (Å²) in [5.41, 5.74) is 1.36. The van der Waals surface area contributed by atoms with Crippen LogP contribution in [0.1, 0.15) is 22.5 Å². The van der Waals surface area contributed by atoms with Gasteiger partial charge in [-0.25, -0.2) is 0 Å². The number of carbonyl (C=O) groups is 1. The molecule has 0 radical (unpaired) electrons. The molecule has 2 aromatic rings. The molecule has 2 heterocycles. The van der Waals surface area contributed by atoms with Gasteiger partial charge >= 0.3 is 0 Å². The topological polar surface area (TPSA) is 69.6 Å². The highest BCUT2D eigenvalue weighted by molar-refractivity contribution is 5.97. The molecule has 6 nitrogen and oxygen atoms in total. The van der Waals surface area contributed by atoms with Gasteiger partial charge in [-0.2, -0.15) is 0 Å². The maximum atomic E-state index is 12.3. The maximum absolute atomic E-state index is 12.3. The molecule has 0 aliphatic carbocycles. The average molecular weight is 328 g/mol. The summed E-state index contributed by atoms with van der Waals surface area (Å²) in [6.45, 7) is 3.87. The molecule has 0 atom stereocenters. The lowest BCUT2D eigenvalue weighted by atomic mass is 10.1. The molecule has 0 saturated carbocycles. The summed E-state index contributed by atoms with van der Waals surface area (Å²) in [5, 5.41) is 2.87. The molecule has 1 aromatic heterocycles. The van der Waals surface area contributed by atoms with E-state index in [0.29, 0.717) is 49.8 Å². The number of aryl methyl sites for hydroxylation is 1. The first kappa shape index (κ1) is 16.1. The van der Waals surface area contributed by atoms with Crippen LogP contribution in [0.15, 0.2) is 41.2 Å². The molecule has 0 spiro atoms. The molecule has 6 heteroatoms. The number of rotatable bonds is 5. The highest BCUT2D eigenvalue weighted by atomic mass is 16.6. The first-order valence-electron chi connectivity index (χ1n) is 8.00. The zero-order valence-corrected chi connectivity index (χ0v) is 13.6. The molecule has 0 unspecified atom stereocenters. The molecule has 1 aromatic carbocycles.